The molecule has 0 spiro atoms. The number of hydrogen-bond donors (Lipinski definition) is 2. The molecule has 15 heavy (non-hydrogen) atoms. The number of carbonyl (C=O) groups is 2. The van der Waals surface area contributed by atoms with E-state index in [-0.39, 0.29) is 24.4 Å². The number of nitrogens with zero attached hydrogens (tertiary/aromatic N) is 1. The molecule has 0 aromatic carbocycles. The van der Waals surface area contributed by atoms with Crippen LogP contribution in [-0.2, 0) is 9.59 Å². The van der Waals surface area contributed by atoms with E-state index in [1.54, 1.807) is 4.90 Å². The third-order valence-corrected chi connectivity index (χ3v) is 2.63. The normalized spacial score (nSPS) is 21.2. The van der Waals surface area contributed by atoms with E-state index in [1.807, 2.05) is 6.92 Å². The first-order valence-electron chi connectivity index (χ1n) is 5.44. The van der Waals surface area contributed by atoms with Gasteiger partial charge in [-0.25, -0.2) is 0 Å². The number of likely N-dealkylation sites (tertiary alicyclic amines) is 1. The average Bonchev–Trinajstić information content (AvgIpc) is 2.28. The van der Waals surface area contributed by atoms with E-state index in [0.29, 0.717) is 13.0 Å². The van der Waals surface area contributed by atoms with Crippen molar-refractivity contribution in [1.29, 1.82) is 0 Å². The summed E-state index contributed by atoms with van der Waals surface area (Å²) >= 11 is 0. The first kappa shape index (κ1) is 12.0. The molecule has 1 atom stereocenters. The van der Waals surface area contributed by atoms with Crippen molar-refractivity contribution >= 4 is 11.8 Å². The van der Waals surface area contributed by atoms with E-state index in [1.165, 1.54) is 0 Å². The van der Waals surface area contributed by atoms with Crippen LogP contribution in [-0.4, -0.2) is 42.4 Å². The fourth-order valence-electron chi connectivity index (χ4n) is 1.78. The lowest BCUT2D eigenvalue weighted by molar-refractivity contribution is -0.132. The van der Waals surface area contributed by atoms with Crippen molar-refractivity contribution in [3.8, 4) is 0 Å². The zero-order chi connectivity index (χ0) is 11.3. The SMILES string of the molecule is CCC(=O)NC1CCCN(C(=O)CN)C1. The summed E-state index contributed by atoms with van der Waals surface area (Å²) in [6.07, 6.45) is 2.36. The smallest absolute Gasteiger partial charge is 0.236 e. The maximum absolute atomic E-state index is 11.4. The lowest BCUT2D eigenvalue weighted by Gasteiger charge is -2.32. The van der Waals surface area contributed by atoms with Gasteiger partial charge in [-0.05, 0) is 12.8 Å². The molecular weight excluding hydrogens is 194 g/mol. The largest absolute Gasteiger partial charge is 0.352 e. The number of nitrogens with one attached hydrogen (secondary N) is 1. The van der Waals surface area contributed by atoms with Crippen molar-refractivity contribution < 1.29 is 9.59 Å². The molecule has 2 amide bonds. The molecule has 0 saturated carbocycles. The number of hydrogen-bond acceptors (Lipinski definition) is 3. The van der Waals surface area contributed by atoms with Crippen LogP contribution in [0, 0.1) is 0 Å². The average molecular weight is 213 g/mol. The summed E-state index contributed by atoms with van der Waals surface area (Å²) in [6, 6.07) is 0.0988. The van der Waals surface area contributed by atoms with Gasteiger partial charge in [0.15, 0.2) is 0 Å². The van der Waals surface area contributed by atoms with E-state index < -0.39 is 0 Å². The summed E-state index contributed by atoms with van der Waals surface area (Å²) < 4.78 is 0. The zero-order valence-corrected chi connectivity index (χ0v) is 9.16. The van der Waals surface area contributed by atoms with Gasteiger partial charge in [-0.1, -0.05) is 6.92 Å². The predicted octanol–water partition coefficient (Wildman–Crippen LogP) is -0.538. The second-order valence-corrected chi connectivity index (χ2v) is 3.80. The van der Waals surface area contributed by atoms with Crippen molar-refractivity contribution in [3.05, 3.63) is 0 Å². The molecule has 1 saturated heterocycles. The highest BCUT2D eigenvalue weighted by atomic mass is 16.2. The molecular formula is C10H19N3O2. The summed E-state index contributed by atoms with van der Waals surface area (Å²) in [5.74, 6) is 0.00694. The molecule has 86 valence electrons. The fourth-order valence-corrected chi connectivity index (χ4v) is 1.78. The van der Waals surface area contributed by atoms with Gasteiger partial charge in [-0.15, -0.1) is 0 Å². The topological polar surface area (TPSA) is 75.4 Å². The van der Waals surface area contributed by atoms with Gasteiger partial charge in [-0.2, -0.15) is 0 Å². The van der Waals surface area contributed by atoms with E-state index >= 15 is 0 Å². The van der Waals surface area contributed by atoms with Gasteiger partial charge in [0.2, 0.25) is 11.8 Å². The third kappa shape index (κ3) is 3.51. The Hall–Kier alpha value is -1.10. The van der Waals surface area contributed by atoms with Crippen molar-refractivity contribution in [1.82, 2.24) is 10.2 Å². The molecule has 0 bridgehead atoms. The highest BCUT2D eigenvalue weighted by Gasteiger charge is 2.23. The summed E-state index contributed by atoms with van der Waals surface area (Å²) in [5, 5.41) is 2.90. The Morgan fingerprint density at radius 1 is 1.53 bits per heavy atom. The Balaban J connectivity index is 2.42. The Morgan fingerprint density at radius 2 is 2.27 bits per heavy atom. The zero-order valence-electron chi connectivity index (χ0n) is 9.16. The Morgan fingerprint density at radius 3 is 2.87 bits per heavy atom. The van der Waals surface area contributed by atoms with E-state index in [9.17, 15) is 9.59 Å². The number of amides is 2. The quantitative estimate of drug-likeness (QED) is 0.661. The van der Waals surface area contributed by atoms with Crippen LogP contribution in [0.1, 0.15) is 26.2 Å². The first-order valence-corrected chi connectivity index (χ1v) is 5.44. The molecule has 1 rings (SSSR count). The molecule has 0 aromatic heterocycles. The summed E-state index contributed by atoms with van der Waals surface area (Å²) in [5.41, 5.74) is 5.30. The highest BCUT2D eigenvalue weighted by molar-refractivity contribution is 5.78. The molecule has 5 heteroatoms. The Kier molecular flexibility index (Phi) is 4.55. The van der Waals surface area contributed by atoms with Crippen LogP contribution in [0.25, 0.3) is 0 Å². The second-order valence-electron chi connectivity index (χ2n) is 3.80. The molecule has 1 unspecified atom stereocenters. The Labute approximate surface area is 90.0 Å². The monoisotopic (exact) mass is 213 g/mol. The summed E-state index contributed by atoms with van der Waals surface area (Å²) in [7, 11) is 0. The van der Waals surface area contributed by atoms with Crippen LogP contribution < -0.4 is 11.1 Å². The van der Waals surface area contributed by atoms with Crippen molar-refractivity contribution in [2.75, 3.05) is 19.6 Å². The predicted molar refractivity (Wildman–Crippen MR) is 57.1 cm³/mol. The van der Waals surface area contributed by atoms with E-state index in [4.69, 9.17) is 5.73 Å². The molecule has 0 radical (unpaired) electrons. The molecule has 1 aliphatic rings. The number of piperidine rings is 1. The minimum absolute atomic E-state index is 0.0366. The van der Waals surface area contributed by atoms with Crippen LogP contribution in [0.15, 0.2) is 0 Å². The summed E-state index contributed by atoms with van der Waals surface area (Å²) in [4.78, 5) is 24.3. The van der Waals surface area contributed by atoms with Gasteiger partial charge in [0.1, 0.15) is 0 Å². The fraction of sp³-hybridized carbons (Fsp3) is 0.800. The lowest BCUT2D eigenvalue weighted by Crippen LogP contribution is -2.50. The van der Waals surface area contributed by atoms with Crippen LogP contribution in [0.3, 0.4) is 0 Å². The molecule has 5 nitrogen and oxygen atoms in total. The van der Waals surface area contributed by atoms with E-state index in [2.05, 4.69) is 5.32 Å². The minimum Gasteiger partial charge on any atom is -0.352 e. The van der Waals surface area contributed by atoms with E-state index in [0.717, 1.165) is 19.4 Å². The molecule has 0 aromatic rings. The third-order valence-electron chi connectivity index (χ3n) is 2.63. The van der Waals surface area contributed by atoms with Crippen molar-refractivity contribution in [2.45, 2.75) is 32.2 Å². The van der Waals surface area contributed by atoms with Crippen molar-refractivity contribution in [2.24, 2.45) is 5.73 Å². The number of rotatable bonds is 3. The van der Waals surface area contributed by atoms with Gasteiger partial charge in [0.05, 0.1) is 6.54 Å². The van der Waals surface area contributed by atoms with Crippen molar-refractivity contribution in [3.63, 3.8) is 0 Å². The molecule has 3 N–H and O–H groups in total. The lowest BCUT2D eigenvalue weighted by atomic mass is 10.1. The highest BCUT2D eigenvalue weighted by Crippen LogP contribution is 2.10. The maximum Gasteiger partial charge on any atom is 0.236 e. The Bertz CT molecular complexity index is 243. The molecule has 1 fully saturated rings. The number of carbonyl (C=O) groups excluding carboxylic acids is 2. The molecule has 1 aliphatic heterocycles. The molecule has 0 aliphatic carbocycles. The van der Waals surface area contributed by atoms with Gasteiger partial charge >= 0.3 is 0 Å². The standard InChI is InChI=1S/C10H19N3O2/c1-2-9(14)12-8-4-3-5-13(7-8)10(15)6-11/h8H,2-7,11H2,1H3,(H,12,14). The summed E-state index contributed by atoms with van der Waals surface area (Å²) in [6.45, 7) is 3.23. The van der Waals surface area contributed by atoms with Crippen LogP contribution in [0.2, 0.25) is 0 Å². The van der Waals surface area contributed by atoms with Crippen LogP contribution in [0.4, 0.5) is 0 Å². The second kappa shape index (κ2) is 5.70. The minimum atomic E-state index is -0.0366. The van der Waals surface area contributed by atoms with Gasteiger partial charge in [-0.3, -0.25) is 9.59 Å². The van der Waals surface area contributed by atoms with Gasteiger partial charge < -0.3 is 16.0 Å². The molecule has 1 heterocycles. The van der Waals surface area contributed by atoms with Crippen LogP contribution in [0.5, 0.6) is 0 Å². The first-order chi connectivity index (χ1) is 7.17. The maximum atomic E-state index is 11.4. The number of nitrogens with two attached hydrogens (primary N) is 1. The van der Waals surface area contributed by atoms with Gasteiger partial charge in [0, 0.05) is 25.6 Å². The van der Waals surface area contributed by atoms with Crippen LogP contribution >= 0.6 is 0 Å². The van der Waals surface area contributed by atoms with Gasteiger partial charge in [0.25, 0.3) is 0 Å².